The number of rotatable bonds is 5. The zero-order valence-electron chi connectivity index (χ0n) is 10.3. The molecular formula is C9H17N3O4S. The second-order valence-electron chi connectivity index (χ2n) is 4.38. The third kappa shape index (κ3) is 7.54. The molecule has 0 radical (unpaired) electrons. The largest absolute Gasteiger partial charge is 0.446 e. The topological polar surface area (TPSA) is 108 Å². The molecule has 0 saturated heterocycles. The van der Waals surface area contributed by atoms with Gasteiger partial charge in [0, 0.05) is 6.54 Å². The predicted molar refractivity (Wildman–Crippen MR) is 61.1 cm³/mol. The van der Waals surface area contributed by atoms with Gasteiger partial charge in [0.05, 0.1) is 17.6 Å². The van der Waals surface area contributed by atoms with E-state index in [1.165, 1.54) is 0 Å². The monoisotopic (exact) mass is 263 g/mol. The average molecular weight is 263 g/mol. The van der Waals surface area contributed by atoms with E-state index < -0.39 is 27.8 Å². The minimum atomic E-state index is -4.00. The normalized spacial score (nSPS) is 12.0. The Kier molecular flexibility index (Phi) is 5.38. The van der Waals surface area contributed by atoms with Gasteiger partial charge in [-0.1, -0.05) is 0 Å². The van der Waals surface area contributed by atoms with Gasteiger partial charge in [0.1, 0.15) is 0 Å². The second kappa shape index (κ2) is 5.84. The van der Waals surface area contributed by atoms with Crippen molar-refractivity contribution in [1.82, 2.24) is 9.44 Å². The highest BCUT2D eigenvalue weighted by Gasteiger charge is 2.22. The van der Waals surface area contributed by atoms with E-state index in [-0.39, 0.29) is 6.54 Å². The molecule has 0 spiro atoms. The smallest absolute Gasteiger partial charge is 0.422 e. The minimum Gasteiger partial charge on any atom is -0.446 e. The van der Waals surface area contributed by atoms with Crippen molar-refractivity contribution < 1.29 is 17.9 Å². The van der Waals surface area contributed by atoms with Crippen LogP contribution in [0.25, 0.3) is 0 Å². The van der Waals surface area contributed by atoms with E-state index in [0.29, 0.717) is 0 Å². The zero-order chi connectivity index (χ0) is 13.7. The Morgan fingerprint density at radius 2 is 2.00 bits per heavy atom. The van der Waals surface area contributed by atoms with Gasteiger partial charge in [-0.15, -0.1) is 0 Å². The van der Waals surface area contributed by atoms with Crippen molar-refractivity contribution in [3.05, 3.63) is 0 Å². The lowest BCUT2D eigenvalue weighted by Crippen LogP contribution is -2.44. The van der Waals surface area contributed by atoms with Crippen molar-refractivity contribution in [3.8, 4) is 6.07 Å². The van der Waals surface area contributed by atoms with E-state index in [9.17, 15) is 13.2 Å². The Morgan fingerprint density at radius 1 is 1.47 bits per heavy atom. The highest BCUT2D eigenvalue weighted by Crippen LogP contribution is 2.10. The Labute approximate surface area is 101 Å². The molecule has 0 rings (SSSR count). The number of ether oxygens (including phenoxy) is 1. The van der Waals surface area contributed by atoms with Gasteiger partial charge in [0.25, 0.3) is 0 Å². The number of hydrogen-bond acceptors (Lipinski definition) is 5. The molecule has 0 aromatic carbocycles. The number of carbonyl (C=O) groups is 1. The first kappa shape index (κ1) is 15.7. The van der Waals surface area contributed by atoms with Crippen LogP contribution in [0.15, 0.2) is 0 Å². The van der Waals surface area contributed by atoms with Gasteiger partial charge in [0.2, 0.25) is 0 Å². The molecule has 0 bridgehead atoms. The molecular weight excluding hydrogens is 246 g/mol. The van der Waals surface area contributed by atoms with Crippen molar-refractivity contribution in [2.45, 2.75) is 33.8 Å². The van der Waals surface area contributed by atoms with E-state index in [0.717, 1.165) is 0 Å². The summed E-state index contributed by atoms with van der Waals surface area (Å²) in [6.45, 7) is 6.23. The van der Waals surface area contributed by atoms with Crippen molar-refractivity contribution in [3.63, 3.8) is 0 Å². The fraction of sp³-hybridized carbons (Fsp3) is 0.778. The van der Waals surface area contributed by atoms with Crippen molar-refractivity contribution in [1.29, 1.82) is 5.26 Å². The molecule has 0 aromatic heterocycles. The summed E-state index contributed by atoms with van der Waals surface area (Å²) >= 11 is 0. The van der Waals surface area contributed by atoms with E-state index in [1.54, 1.807) is 32.4 Å². The van der Waals surface area contributed by atoms with Crippen LogP contribution in [0, 0.1) is 16.7 Å². The fourth-order valence-electron chi connectivity index (χ4n) is 0.699. The van der Waals surface area contributed by atoms with Gasteiger partial charge in [-0.3, -0.25) is 0 Å². The summed E-state index contributed by atoms with van der Waals surface area (Å²) in [6.07, 6.45) is -1.47. The summed E-state index contributed by atoms with van der Waals surface area (Å²) in [4.78, 5) is 11.0. The quantitative estimate of drug-likeness (QED) is 0.751. The highest BCUT2D eigenvalue weighted by atomic mass is 32.2. The molecule has 0 atom stereocenters. The molecule has 7 nitrogen and oxygen atoms in total. The third-order valence-corrected chi connectivity index (χ3v) is 2.53. The molecule has 17 heavy (non-hydrogen) atoms. The van der Waals surface area contributed by atoms with Crippen LogP contribution in [0.5, 0.6) is 0 Å². The van der Waals surface area contributed by atoms with Crippen LogP contribution in [0.1, 0.15) is 27.7 Å². The van der Waals surface area contributed by atoms with Crippen LogP contribution in [0.3, 0.4) is 0 Å². The zero-order valence-corrected chi connectivity index (χ0v) is 11.1. The molecule has 0 heterocycles. The van der Waals surface area contributed by atoms with Crippen molar-refractivity contribution in [2.75, 3.05) is 6.54 Å². The van der Waals surface area contributed by atoms with Crippen LogP contribution in [0.2, 0.25) is 0 Å². The molecule has 1 amide bonds. The SMILES string of the molecule is CC(C)OC(=O)NS(=O)(=O)NCC(C)(C)C#N. The molecule has 0 aliphatic rings. The lowest BCUT2D eigenvalue weighted by molar-refractivity contribution is 0.121. The van der Waals surface area contributed by atoms with Gasteiger partial charge >= 0.3 is 16.3 Å². The maximum atomic E-state index is 11.4. The number of carbonyl (C=O) groups excluding carboxylic acids is 1. The van der Waals surface area contributed by atoms with E-state index in [2.05, 4.69) is 9.46 Å². The summed E-state index contributed by atoms with van der Waals surface area (Å²) in [5.74, 6) is 0. The summed E-state index contributed by atoms with van der Waals surface area (Å²) in [5, 5.41) is 8.69. The Hall–Kier alpha value is -1.33. The van der Waals surface area contributed by atoms with Gasteiger partial charge in [-0.2, -0.15) is 18.4 Å². The van der Waals surface area contributed by atoms with E-state index >= 15 is 0 Å². The molecule has 2 N–H and O–H groups in total. The number of nitrogens with one attached hydrogen (secondary N) is 2. The van der Waals surface area contributed by atoms with E-state index in [1.807, 2.05) is 6.07 Å². The van der Waals surface area contributed by atoms with Crippen LogP contribution < -0.4 is 9.44 Å². The standard InChI is InChI=1S/C9H17N3O4S/c1-7(2)16-8(13)12-17(14,15)11-6-9(3,4)5-10/h7,11H,6H2,1-4H3,(H,12,13). The second-order valence-corrected chi connectivity index (χ2v) is 5.88. The third-order valence-electron chi connectivity index (χ3n) is 1.57. The fourth-order valence-corrected chi connectivity index (χ4v) is 1.59. The Bertz CT molecular complexity index is 408. The lowest BCUT2D eigenvalue weighted by Gasteiger charge is -2.16. The summed E-state index contributed by atoms with van der Waals surface area (Å²) in [7, 11) is -4.00. The van der Waals surface area contributed by atoms with Crippen LogP contribution in [0.4, 0.5) is 4.79 Å². The van der Waals surface area contributed by atoms with Crippen LogP contribution >= 0.6 is 0 Å². The predicted octanol–water partition coefficient (Wildman–Crippen LogP) is 0.505. The molecule has 8 heteroatoms. The first-order chi connectivity index (χ1) is 7.58. The molecule has 0 aliphatic carbocycles. The summed E-state index contributed by atoms with van der Waals surface area (Å²) in [5.41, 5.74) is -0.850. The first-order valence-electron chi connectivity index (χ1n) is 4.97. The summed E-state index contributed by atoms with van der Waals surface area (Å²) in [6, 6.07) is 1.93. The number of amides is 1. The molecule has 0 aromatic rings. The maximum Gasteiger partial charge on any atom is 0.422 e. The van der Waals surface area contributed by atoms with Crippen molar-refractivity contribution in [2.24, 2.45) is 5.41 Å². The Morgan fingerprint density at radius 3 is 2.41 bits per heavy atom. The number of hydrogen-bond donors (Lipinski definition) is 2. The lowest BCUT2D eigenvalue weighted by atomic mass is 9.97. The molecule has 0 aliphatic heterocycles. The van der Waals surface area contributed by atoms with Crippen LogP contribution in [-0.4, -0.2) is 27.2 Å². The van der Waals surface area contributed by atoms with Gasteiger partial charge in [-0.25, -0.2) is 9.52 Å². The Balaban J connectivity index is 4.33. The molecule has 98 valence electrons. The van der Waals surface area contributed by atoms with E-state index in [4.69, 9.17) is 5.26 Å². The molecule has 0 unspecified atom stereocenters. The molecule has 0 saturated carbocycles. The average Bonchev–Trinajstić information content (AvgIpc) is 2.13. The number of nitrogens with zero attached hydrogens (tertiary/aromatic N) is 1. The maximum absolute atomic E-state index is 11.4. The van der Waals surface area contributed by atoms with Gasteiger partial charge in [0.15, 0.2) is 0 Å². The van der Waals surface area contributed by atoms with Crippen molar-refractivity contribution >= 4 is 16.3 Å². The van der Waals surface area contributed by atoms with Crippen LogP contribution in [-0.2, 0) is 14.9 Å². The highest BCUT2D eigenvalue weighted by molar-refractivity contribution is 7.88. The minimum absolute atomic E-state index is 0.103. The first-order valence-corrected chi connectivity index (χ1v) is 6.45. The summed E-state index contributed by atoms with van der Waals surface area (Å²) < 4.78 is 31.1. The van der Waals surface area contributed by atoms with Gasteiger partial charge < -0.3 is 4.74 Å². The number of nitriles is 1. The van der Waals surface area contributed by atoms with Gasteiger partial charge in [-0.05, 0) is 27.7 Å². The molecule has 0 fully saturated rings.